The van der Waals surface area contributed by atoms with Crippen LogP contribution < -0.4 is 0 Å². The molecule has 1 rings (SSSR count). The maximum atomic E-state index is 14.3. The second-order valence-electron chi connectivity index (χ2n) is 11.3. The van der Waals surface area contributed by atoms with Gasteiger partial charge in [-0.15, -0.1) is 65.8 Å². The predicted molar refractivity (Wildman–Crippen MR) is 176 cm³/mol. The molecule has 0 aromatic rings. The summed E-state index contributed by atoms with van der Waals surface area (Å²) in [6, 6.07) is 0. The van der Waals surface area contributed by atoms with Crippen LogP contribution in [0.4, 0.5) is 0 Å². The Hall–Kier alpha value is -2.69. The Labute approximate surface area is 245 Å². The van der Waals surface area contributed by atoms with Gasteiger partial charge in [-0.05, 0) is 86.4 Å². The van der Waals surface area contributed by atoms with Gasteiger partial charge in [0.05, 0.1) is 0 Å². The van der Waals surface area contributed by atoms with Gasteiger partial charge in [-0.25, -0.2) is 0 Å². The molecule has 1 aliphatic rings. The van der Waals surface area contributed by atoms with Gasteiger partial charge in [0, 0.05) is 5.41 Å². The van der Waals surface area contributed by atoms with Crippen molar-refractivity contribution in [1.82, 2.24) is 0 Å². The van der Waals surface area contributed by atoms with Crippen LogP contribution in [0.3, 0.4) is 0 Å². The predicted octanol–water partition coefficient (Wildman–Crippen LogP) is 9.95. The molecular formula is C36H52O3S. The van der Waals surface area contributed by atoms with Gasteiger partial charge in [0.25, 0.3) is 10.1 Å². The van der Waals surface area contributed by atoms with Crippen molar-refractivity contribution in [1.29, 1.82) is 0 Å². The van der Waals surface area contributed by atoms with E-state index in [9.17, 15) is 13.0 Å². The molecule has 40 heavy (non-hydrogen) atoms. The Morgan fingerprint density at radius 1 is 0.475 bits per heavy atom. The quantitative estimate of drug-likeness (QED) is 0.111. The Morgan fingerprint density at radius 2 is 0.800 bits per heavy atom. The molecule has 0 amide bonds. The number of allylic oxidation sites excluding steroid dienone is 10. The lowest BCUT2D eigenvalue weighted by Crippen LogP contribution is -2.78. The van der Waals surface area contributed by atoms with E-state index in [1.54, 1.807) is 24.3 Å². The average molecular weight is 565 g/mol. The van der Waals surface area contributed by atoms with E-state index in [0.717, 1.165) is 0 Å². The molecule has 1 fully saturated rings. The zero-order valence-electron chi connectivity index (χ0n) is 24.7. The van der Waals surface area contributed by atoms with Gasteiger partial charge in [0.2, 0.25) is 0 Å². The third-order valence-corrected chi connectivity index (χ3v) is 11.9. The van der Waals surface area contributed by atoms with Gasteiger partial charge >= 0.3 is 0 Å². The third-order valence-electron chi connectivity index (χ3n) is 10.1. The summed E-state index contributed by atoms with van der Waals surface area (Å²) in [6.45, 7) is 41.4. The van der Waals surface area contributed by atoms with Crippen LogP contribution in [0.2, 0.25) is 0 Å². The minimum absolute atomic E-state index is 0.0242. The van der Waals surface area contributed by atoms with Gasteiger partial charge in [-0.1, -0.05) is 60.8 Å². The highest BCUT2D eigenvalue weighted by Crippen LogP contribution is 2.82. The lowest BCUT2D eigenvalue weighted by atomic mass is 9.27. The summed E-state index contributed by atoms with van der Waals surface area (Å²) in [5.41, 5.74) is -3.32. The van der Waals surface area contributed by atoms with E-state index in [1.807, 2.05) is 36.5 Å². The smallest absolute Gasteiger partial charge is 0.271 e. The molecule has 0 aromatic heterocycles. The number of rotatable bonds is 21. The first kappa shape index (κ1) is 35.3. The maximum Gasteiger partial charge on any atom is 0.271 e. The minimum atomic E-state index is -4.77. The highest BCUT2D eigenvalue weighted by atomic mass is 32.2. The van der Waals surface area contributed by atoms with Crippen molar-refractivity contribution in [2.45, 2.75) is 69.0 Å². The van der Waals surface area contributed by atoms with E-state index >= 15 is 0 Å². The molecule has 0 aromatic carbocycles. The van der Waals surface area contributed by atoms with Crippen molar-refractivity contribution in [3.8, 4) is 0 Å². The normalized spacial score (nSPS) is 24.0. The van der Waals surface area contributed by atoms with E-state index < -0.39 is 42.4 Å². The van der Waals surface area contributed by atoms with Gasteiger partial charge in [0.15, 0.2) is 0 Å². The van der Waals surface area contributed by atoms with Crippen molar-refractivity contribution in [2.24, 2.45) is 27.6 Å². The van der Waals surface area contributed by atoms with Crippen LogP contribution in [0, 0.1) is 27.6 Å². The zero-order chi connectivity index (χ0) is 30.7. The Kier molecular flexibility index (Phi) is 12.6. The lowest BCUT2D eigenvalue weighted by molar-refractivity contribution is -0.252. The molecule has 0 bridgehead atoms. The highest BCUT2D eigenvalue weighted by molar-refractivity contribution is 7.87. The molecule has 1 saturated carbocycles. The van der Waals surface area contributed by atoms with Crippen LogP contribution in [-0.2, 0) is 10.1 Å². The maximum absolute atomic E-state index is 14.3. The fourth-order valence-electron chi connectivity index (χ4n) is 9.44. The standard InChI is InChI=1S/C36H52O3S/c1-11-21-31-32(22-12-2,23-13-3)33(24-14-4,25-15-5)34(26-16-6,27-17-7)35(28-18-8,29-19-9)36(31,30-20-10)40(37,38)39/h11-20,31H,1-10,21-30H2,(H,37,38,39). The van der Waals surface area contributed by atoms with Gasteiger partial charge in [0.1, 0.15) is 4.75 Å². The van der Waals surface area contributed by atoms with Gasteiger partial charge < -0.3 is 0 Å². The summed E-state index contributed by atoms with van der Waals surface area (Å²) >= 11 is 0. The van der Waals surface area contributed by atoms with Gasteiger partial charge in [-0.2, -0.15) is 8.42 Å². The molecule has 0 saturated heterocycles. The second-order valence-corrected chi connectivity index (χ2v) is 13.0. The fourth-order valence-corrected chi connectivity index (χ4v) is 11.3. The van der Waals surface area contributed by atoms with E-state index in [4.69, 9.17) is 0 Å². The summed E-state index contributed by atoms with van der Waals surface area (Å²) in [6.07, 6.45) is 22.2. The zero-order valence-corrected chi connectivity index (χ0v) is 25.5. The first-order valence-corrected chi connectivity index (χ1v) is 15.5. The Morgan fingerprint density at radius 3 is 1.10 bits per heavy atom. The molecule has 2 atom stereocenters. The summed E-state index contributed by atoms with van der Waals surface area (Å²) in [4.78, 5) is 0. The minimum Gasteiger partial charge on any atom is -0.285 e. The van der Waals surface area contributed by atoms with Crippen LogP contribution in [0.25, 0.3) is 0 Å². The summed E-state index contributed by atoms with van der Waals surface area (Å²) in [5, 5.41) is 0. The molecule has 1 aliphatic carbocycles. The van der Waals surface area contributed by atoms with Crippen LogP contribution >= 0.6 is 0 Å². The first-order valence-electron chi connectivity index (χ1n) is 14.1. The van der Waals surface area contributed by atoms with Crippen molar-refractivity contribution in [3.05, 3.63) is 127 Å². The van der Waals surface area contributed by atoms with Crippen LogP contribution in [0.15, 0.2) is 127 Å². The van der Waals surface area contributed by atoms with Crippen molar-refractivity contribution in [2.75, 3.05) is 0 Å². The molecule has 4 heteroatoms. The molecule has 0 aliphatic heterocycles. The van der Waals surface area contributed by atoms with E-state index in [1.165, 1.54) is 0 Å². The molecule has 1 N–H and O–H groups in total. The van der Waals surface area contributed by atoms with Crippen molar-refractivity contribution >= 4 is 10.1 Å². The molecule has 0 spiro atoms. The van der Waals surface area contributed by atoms with Crippen LogP contribution in [0.1, 0.15) is 64.2 Å². The third kappa shape index (κ3) is 4.77. The fraction of sp³-hybridized carbons (Fsp3) is 0.444. The number of hydrogen-bond donors (Lipinski definition) is 1. The molecular weight excluding hydrogens is 512 g/mol. The lowest BCUT2D eigenvalue weighted by Gasteiger charge is -2.78. The van der Waals surface area contributed by atoms with Crippen molar-refractivity contribution in [3.63, 3.8) is 0 Å². The topological polar surface area (TPSA) is 54.4 Å². The molecule has 2 unspecified atom stereocenters. The van der Waals surface area contributed by atoms with Crippen molar-refractivity contribution < 1.29 is 13.0 Å². The molecule has 0 radical (unpaired) electrons. The van der Waals surface area contributed by atoms with Crippen LogP contribution in [0.5, 0.6) is 0 Å². The molecule has 3 nitrogen and oxygen atoms in total. The highest BCUT2D eigenvalue weighted by Gasteiger charge is 2.81. The first-order chi connectivity index (χ1) is 19.0. The largest absolute Gasteiger partial charge is 0.285 e. The Balaban J connectivity index is 5.13. The monoisotopic (exact) mass is 564 g/mol. The van der Waals surface area contributed by atoms with E-state index in [-0.39, 0.29) is 6.42 Å². The average Bonchev–Trinajstić information content (AvgIpc) is 2.88. The number of hydrogen-bond acceptors (Lipinski definition) is 2. The second kappa shape index (κ2) is 14.3. The Bertz CT molecular complexity index is 1060. The summed E-state index contributed by atoms with van der Waals surface area (Å²) in [7, 11) is -4.77. The summed E-state index contributed by atoms with van der Waals surface area (Å²) < 4.78 is 38.6. The van der Waals surface area contributed by atoms with Crippen LogP contribution in [-0.4, -0.2) is 17.7 Å². The summed E-state index contributed by atoms with van der Waals surface area (Å²) in [5.74, 6) is -0.607. The SMILES string of the molecule is C=CCC1C(CC=C)(CC=C)C(CC=C)(CC=C)C(CC=C)(CC=C)C(CC=C)(CC=C)C1(CC=C)S(=O)(=O)O. The van der Waals surface area contributed by atoms with E-state index in [2.05, 4.69) is 65.8 Å². The molecule has 220 valence electrons. The van der Waals surface area contributed by atoms with Gasteiger partial charge in [-0.3, -0.25) is 4.55 Å². The molecule has 0 heterocycles. The van der Waals surface area contributed by atoms with E-state index in [0.29, 0.717) is 57.8 Å².